The number of carbonyl (C=O) groups is 2. The molecular formula is C17H22N2O3S2. The Morgan fingerprint density at radius 3 is 2.04 bits per heavy atom. The number of rotatable bonds is 6. The number of nitrogens with zero attached hydrogens (tertiary/aromatic N) is 1. The van der Waals surface area contributed by atoms with E-state index >= 15 is 0 Å². The first kappa shape index (κ1) is 18.5. The van der Waals surface area contributed by atoms with Gasteiger partial charge in [0.05, 0.1) is 13.1 Å². The summed E-state index contributed by atoms with van der Waals surface area (Å²) in [6.07, 6.45) is -0.581. The molecule has 0 aliphatic heterocycles. The first-order valence-corrected chi connectivity index (χ1v) is 9.39. The quantitative estimate of drug-likeness (QED) is 0.844. The van der Waals surface area contributed by atoms with Gasteiger partial charge in [-0.3, -0.25) is 4.79 Å². The van der Waals surface area contributed by atoms with Gasteiger partial charge in [0, 0.05) is 9.75 Å². The van der Waals surface area contributed by atoms with E-state index in [2.05, 4.69) is 5.32 Å². The molecule has 0 atom stereocenters. The number of carbonyl (C=O) groups excluding carboxylic acids is 2. The van der Waals surface area contributed by atoms with Crippen LogP contribution in [0.4, 0.5) is 4.79 Å². The van der Waals surface area contributed by atoms with E-state index in [9.17, 15) is 9.59 Å². The molecule has 0 fully saturated rings. The van der Waals surface area contributed by atoms with Crippen LogP contribution in [0, 0.1) is 0 Å². The second kappa shape index (κ2) is 8.30. The average molecular weight is 367 g/mol. The number of hydrogen-bond acceptors (Lipinski definition) is 5. The molecule has 0 aliphatic rings. The molecule has 1 N–H and O–H groups in total. The predicted molar refractivity (Wildman–Crippen MR) is 97.1 cm³/mol. The van der Waals surface area contributed by atoms with Gasteiger partial charge in [0.2, 0.25) is 5.91 Å². The molecule has 0 bridgehead atoms. The zero-order valence-electron chi connectivity index (χ0n) is 14.1. The standard InChI is InChI=1S/C17H22N2O3S2/c1-17(2,3)22-16(21)18-10-15(20)19(11-13-6-4-8-23-13)12-14-7-5-9-24-14/h4-9H,10-12H2,1-3H3,(H,18,21). The third-order valence-electron chi connectivity index (χ3n) is 2.99. The molecule has 7 heteroatoms. The van der Waals surface area contributed by atoms with E-state index in [1.807, 2.05) is 35.0 Å². The molecule has 2 aromatic rings. The average Bonchev–Trinajstić information content (AvgIpc) is 3.15. The molecule has 2 aromatic heterocycles. The van der Waals surface area contributed by atoms with Crippen LogP contribution in [0.25, 0.3) is 0 Å². The Kier molecular flexibility index (Phi) is 6.39. The van der Waals surface area contributed by atoms with Crippen LogP contribution in [0.3, 0.4) is 0 Å². The zero-order valence-corrected chi connectivity index (χ0v) is 15.7. The van der Waals surface area contributed by atoms with Gasteiger partial charge in [-0.25, -0.2) is 4.79 Å². The second-order valence-corrected chi connectivity index (χ2v) is 8.33. The van der Waals surface area contributed by atoms with Crippen LogP contribution in [-0.4, -0.2) is 29.0 Å². The van der Waals surface area contributed by atoms with Gasteiger partial charge < -0.3 is 15.0 Å². The lowest BCUT2D eigenvalue weighted by atomic mass is 10.2. The highest BCUT2D eigenvalue weighted by Crippen LogP contribution is 2.17. The van der Waals surface area contributed by atoms with Crippen LogP contribution >= 0.6 is 22.7 Å². The monoisotopic (exact) mass is 366 g/mol. The van der Waals surface area contributed by atoms with E-state index in [1.54, 1.807) is 48.3 Å². The van der Waals surface area contributed by atoms with Crippen molar-refractivity contribution in [3.8, 4) is 0 Å². The number of amides is 2. The van der Waals surface area contributed by atoms with Crippen LogP contribution in [0.15, 0.2) is 35.0 Å². The van der Waals surface area contributed by atoms with Crippen molar-refractivity contribution in [2.24, 2.45) is 0 Å². The van der Waals surface area contributed by atoms with Gasteiger partial charge in [-0.1, -0.05) is 12.1 Å². The number of hydrogen-bond donors (Lipinski definition) is 1. The van der Waals surface area contributed by atoms with E-state index in [4.69, 9.17) is 4.74 Å². The van der Waals surface area contributed by atoms with Crippen LogP contribution in [-0.2, 0) is 22.6 Å². The fourth-order valence-electron chi connectivity index (χ4n) is 1.99. The van der Waals surface area contributed by atoms with Gasteiger partial charge in [-0.05, 0) is 43.7 Å². The van der Waals surface area contributed by atoms with Crippen molar-refractivity contribution in [1.29, 1.82) is 0 Å². The Bertz CT molecular complexity index is 610. The third-order valence-corrected chi connectivity index (χ3v) is 4.71. The van der Waals surface area contributed by atoms with Crippen LogP contribution < -0.4 is 5.32 Å². The Hall–Kier alpha value is -1.86. The van der Waals surface area contributed by atoms with Crippen LogP contribution in [0.5, 0.6) is 0 Å². The summed E-state index contributed by atoms with van der Waals surface area (Å²) in [6.45, 7) is 6.34. The van der Waals surface area contributed by atoms with Gasteiger partial charge in [0.15, 0.2) is 0 Å². The molecule has 2 rings (SSSR count). The summed E-state index contributed by atoms with van der Waals surface area (Å²) in [7, 11) is 0. The van der Waals surface area contributed by atoms with Crippen molar-refractivity contribution in [1.82, 2.24) is 10.2 Å². The van der Waals surface area contributed by atoms with Crippen molar-refractivity contribution in [3.63, 3.8) is 0 Å². The lowest BCUT2D eigenvalue weighted by molar-refractivity contribution is -0.131. The minimum Gasteiger partial charge on any atom is -0.444 e. The minimum atomic E-state index is -0.583. The van der Waals surface area contributed by atoms with E-state index < -0.39 is 11.7 Å². The van der Waals surface area contributed by atoms with E-state index in [-0.39, 0.29) is 12.5 Å². The summed E-state index contributed by atoms with van der Waals surface area (Å²) >= 11 is 3.22. The van der Waals surface area contributed by atoms with E-state index in [0.717, 1.165) is 9.75 Å². The summed E-state index contributed by atoms with van der Waals surface area (Å²) in [6, 6.07) is 7.93. The maximum Gasteiger partial charge on any atom is 0.408 e. The number of ether oxygens (including phenoxy) is 1. The van der Waals surface area contributed by atoms with Crippen LogP contribution in [0.2, 0.25) is 0 Å². The summed E-state index contributed by atoms with van der Waals surface area (Å²) in [5.41, 5.74) is -0.583. The van der Waals surface area contributed by atoms with Gasteiger partial charge in [0.25, 0.3) is 0 Å². The summed E-state index contributed by atoms with van der Waals surface area (Å²) in [5, 5.41) is 6.51. The zero-order chi connectivity index (χ0) is 17.6. The van der Waals surface area contributed by atoms with Crippen molar-refractivity contribution in [2.75, 3.05) is 6.54 Å². The fourth-order valence-corrected chi connectivity index (χ4v) is 3.43. The van der Waals surface area contributed by atoms with Gasteiger partial charge in [-0.2, -0.15) is 0 Å². The lowest BCUT2D eigenvalue weighted by Crippen LogP contribution is -2.41. The van der Waals surface area contributed by atoms with Gasteiger partial charge in [-0.15, -0.1) is 22.7 Å². The summed E-state index contributed by atoms with van der Waals surface area (Å²) < 4.78 is 5.16. The predicted octanol–water partition coefficient (Wildman–Crippen LogP) is 3.86. The number of nitrogens with one attached hydrogen (secondary N) is 1. The molecule has 0 radical (unpaired) electrons. The van der Waals surface area contributed by atoms with Gasteiger partial charge in [0.1, 0.15) is 12.1 Å². The summed E-state index contributed by atoms with van der Waals surface area (Å²) in [5.74, 6) is -0.136. The lowest BCUT2D eigenvalue weighted by Gasteiger charge is -2.23. The Balaban J connectivity index is 1.95. The molecule has 130 valence electrons. The highest BCUT2D eigenvalue weighted by atomic mass is 32.1. The third kappa shape index (κ3) is 6.33. The van der Waals surface area contributed by atoms with Crippen molar-refractivity contribution < 1.29 is 14.3 Å². The maximum absolute atomic E-state index is 12.5. The molecule has 5 nitrogen and oxygen atoms in total. The summed E-state index contributed by atoms with van der Waals surface area (Å²) in [4.78, 5) is 28.2. The fraction of sp³-hybridized carbons (Fsp3) is 0.412. The number of alkyl carbamates (subject to hydrolysis) is 1. The van der Waals surface area contributed by atoms with E-state index in [0.29, 0.717) is 13.1 Å². The molecular weight excluding hydrogens is 344 g/mol. The smallest absolute Gasteiger partial charge is 0.408 e. The Morgan fingerprint density at radius 1 is 1.08 bits per heavy atom. The molecule has 0 aromatic carbocycles. The Morgan fingerprint density at radius 2 is 1.62 bits per heavy atom. The Labute approximate surface area is 150 Å². The SMILES string of the molecule is CC(C)(C)OC(=O)NCC(=O)N(Cc1cccs1)Cc1cccs1. The van der Waals surface area contributed by atoms with Crippen molar-refractivity contribution in [3.05, 3.63) is 44.8 Å². The first-order chi connectivity index (χ1) is 11.3. The van der Waals surface area contributed by atoms with E-state index in [1.165, 1.54) is 0 Å². The topological polar surface area (TPSA) is 58.6 Å². The molecule has 2 heterocycles. The minimum absolute atomic E-state index is 0.0777. The highest BCUT2D eigenvalue weighted by Gasteiger charge is 2.19. The molecule has 2 amide bonds. The van der Waals surface area contributed by atoms with Crippen LogP contribution in [0.1, 0.15) is 30.5 Å². The maximum atomic E-state index is 12.5. The molecule has 0 spiro atoms. The van der Waals surface area contributed by atoms with Crippen molar-refractivity contribution >= 4 is 34.7 Å². The highest BCUT2D eigenvalue weighted by molar-refractivity contribution is 7.10. The molecule has 0 saturated carbocycles. The normalized spacial score (nSPS) is 11.1. The molecule has 24 heavy (non-hydrogen) atoms. The largest absolute Gasteiger partial charge is 0.444 e. The van der Waals surface area contributed by atoms with Gasteiger partial charge >= 0.3 is 6.09 Å². The molecule has 0 saturated heterocycles. The second-order valence-electron chi connectivity index (χ2n) is 6.26. The molecule has 0 unspecified atom stereocenters. The van der Waals surface area contributed by atoms with Crippen molar-refractivity contribution in [2.45, 2.75) is 39.5 Å². The first-order valence-electron chi connectivity index (χ1n) is 7.63. The number of thiophene rings is 2. The molecule has 0 aliphatic carbocycles.